The van der Waals surface area contributed by atoms with E-state index in [4.69, 9.17) is 17.3 Å². The van der Waals surface area contributed by atoms with Crippen LogP contribution in [0, 0.1) is 0 Å². The number of hydrogen-bond acceptors (Lipinski definition) is 13. The van der Waals surface area contributed by atoms with Crippen molar-refractivity contribution in [3.8, 4) is 0 Å². The number of rotatable bonds is 8. The molecule has 0 spiro atoms. The molecule has 2 amide bonds. The van der Waals surface area contributed by atoms with Crippen molar-refractivity contribution in [2.45, 2.75) is 36.7 Å². The maximum Gasteiger partial charge on any atom is 0.257 e. The molecule has 0 radical (unpaired) electrons. The highest BCUT2D eigenvalue weighted by Crippen LogP contribution is 2.35. The van der Waals surface area contributed by atoms with Crippen molar-refractivity contribution in [2.24, 2.45) is 14.1 Å². The second-order valence-electron chi connectivity index (χ2n) is 14.0. The molecule has 4 aromatic heterocycles. The van der Waals surface area contributed by atoms with Gasteiger partial charge in [-0.1, -0.05) is 43.3 Å². The van der Waals surface area contributed by atoms with Crippen molar-refractivity contribution in [1.29, 1.82) is 0 Å². The molecule has 0 atom stereocenters. The number of amides is 2. The topological polar surface area (TPSA) is 220 Å². The number of benzene rings is 2. The zero-order valence-electron chi connectivity index (χ0n) is 33.0. The first-order valence-electron chi connectivity index (χ1n) is 17.9. The monoisotopic (exact) mass is 875 g/mol. The van der Waals surface area contributed by atoms with Crippen LogP contribution in [0.4, 0.5) is 28.6 Å². The average Bonchev–Trinajstić information content (AvgIpc) is 3.90. The number of halogens is 1. The molecule has 2 aliphatic rings. The number of aryl methyl sites for hydroxylation is 2. The largest absolute Gasteiger partial charge is 0.382 e. The van der Waals surface area contributed by atoms with Gasteiger partial charge in [-0.05, 0) is 48.5 Å². The summed E-state index contributed by atoms with van der Waals surface area (Å²) in [6.45, 7) is 0.782. The number of para-hydroxylation sites is 2. The summed E-state index contributed by atoms with van der Waals surface area (Å²) in [6, 6.07) is 20.1. The first-order chi connectivity index (χ1) is 27.8. The van der Waals surface area contributed by atoms with Crippen molar-refractivity contribution in [2.75, 3.05) is 43.0 Å². The minimum Gasteiger partial charge on any atom is -0.382 e. The SMILES string of the molecule is C.CN1Cc2nc(Cc3ccn(C)n3)cc(Nc3ccccc3S(C)(=O)=O)c2C1=O.CN1Cc2nc(Cl)cc(Nc3ccccc3S(C)(=O)=O)c2C1=O.Cn1ccc(N)n1. The Hall–Kier alpha value is -6.31. The molecule has 4 N–H and O–H groups in total. The van der Waals surface area contributed by atoms with Crippen LogP contribution in [0.1, 0.15) is 50.9 Å². The van der Waals surface area contributed by atoms with Crippen molar-refractivity contribution >= 4 is 71.7 Å². The number of nitrogen functional groups attached to an aromatic ring is 1. The van der Waals surface area contributed by atoms with Crippen molar-refractivity contribution in [3.63, 3.8) is 0 Å². The lowest BCUT2D eigenvalue weighted by Crippen LogP contribution is -2.18. The summed E-state index contributed by atoms with van der Waals surface area (Å²) in [7, 11) is 0.228. The van der Waals surface area contributed by atoms with E-state index in [1.54, 1.807) is 89.2 Å². The lowest BCUT2D eigenvalue weighted by Gasteiger charge is -2.14. The highest BCUT2D eigenvalue weighted by Gasteiger charge is 2.31. The quantitative estimate of drug-likeness (QED) is 0.167. The van der Waals surface area contributed by atoms with E-state index in [9.17, 15) is 26.4 Å². The fourth-order valence-electron chi connectivity index (χ4n) is 6.44. The maximum absolute atomic E-state index is 12.7. The zero-order chi connectivity index (χ0) is 42.8. The Morgan fingerprint density at radius 3 is 1.55 bits per heavy atom. The van der Waals surface area contributed by atoms with Crippen LogP contribution in [-0.4, -0.2) is 94.6 Å². The summed E-state index contributed by atoms with van der Waals surface area (Å²) >= 11 is 6.02. The molecule has 316 valence electrons. The molecule has 0 fully saturated rings. The lowest BCUT2D eigenvalue weighted by atomic mass is 10.1. The number of nitrogens with one attached hydrogen (secondary N) is 2. The highest BCUT2D eigenvalue weighted by molar-refractivity contribution is 7.91. The van der Waals surface area contributed by atoms with Gasteiger partial charge < -0.3 is 26.2 Å². The number of anilines is 5. The third-order valence-corrected chi connectivity index (χ3v) is 11.6. The van der Waals surface area contributed by atoms with Gasteiger partial charge in [0.05, 0.1) is 73.8 Å². The molecule has 0 bridgehead atoms. The molecule has 0 saturated heterocycles. The second kappa shape index (κ2) is 17.9. The van der Waals surface area contributed by atoms with E-state index in [-0.39, 0.29) is 34.2 Å². The molecule has 20 heteroatoms. The van der Waals surface area contributed by atoms with Gasteiger partial charge in [0.15, 0.2) is 19.7 Å². The number of nitrogens with zero attached hydrogens (tertiary/aromatic N) is 8. The van der Waals surface area contributed by atoms with Gasteiger partial charge in [0.1, 0.15) is 11.0 Å². The van der Waals surface area contributed by atoms with Gasteiger partial charge in [0.25, 0.3) is 11.8 Å². The van der Waals surface area contributed by atoms with Gasteiger partial charge in [-0.3, -0.25) is 23.9 Å². The standard InChI is InChI=1S/C20H21N5O3S.C15H14ClN3O3S.C4H7N3.CH4/c1-24-12-17-19(20(24)26)16(11-14(21-17)10-13-8-9-25(2)23-13)22-15-6-4-5-7-18(15)29(3,27)28;1-19-8-11-14(15(19)20)10(7-13(16)18-11)17-9-5-3-4-6-12(9)23(2,21)22;1-7-3-2-4(5)6-7;/h4-9,11H,10,12H2,1-3H3,(H,21,22);3-7H,8H2,1-2H3,(H,17,18);2-3H,1H3,(H2,5,6);1H4. The van der Waals surface area contributed by atoms with E-state index in [2.05, 4.69) is 30.8 Å². The highest BCUT2D eigenvalue weighted by atomic mass is 35.5. The summed E-state index contributed by atoms with van der Waals surface area (Å²) in [5.41, 5.74) is 10.8. The molecule has 8 rings (SSSR count). The summed E-state index contributed by atoms with van der Waals surface area (Å²) in [6.07, 6.45) is 6.47. The minimum absolute atomic E-state index is 0. The third-order valence-electron chi connectivity index (χ3n) is 9.08. The van der Waals surface area contributed by atoms with Crippen LogP contribution in [-0.2, 0) is 53.3 Å². The van der Waals surface area contributed by atoms with Crippen molar-refractivity contribution < 1.29 is 26.4 Å². The number of sulfone groups is 2. The molecule has 0 aliphatic carbocycles. The van der Waals surface area contributed by atoms with E-state index in [1.807, 2.05) is 26.4 Å². The van der Waals surface area contributed by atoms with Crippen molar-refractivity contribution in [3.05, 3.63) is 124 Å². The van der Waals surface area contributed by atoms with Crippen LogP contribution in [0.5, 0.6) is 0 Å². The molecule has 60 heavy (non-hydrogen) atoms. The minimum atomic E-state index is -3.43. The number of pyridine rings is 2. The second-order valence-corrected chi connectivity index (χ2v) is 18.3. The van der Waals surface area contributed by atoms with Crippen molar-refractivity contribution in [1.82, 2.24) is 39.3 Å². The Morgan fingerprint density at radius 2 is 1.12 bits per heavy atom. The van der Waals surface area contributed by atoms with E-state index >= 15 is 0 Å². The van der Waals surface area contributed by atoms with Crippen LogP contribution >= 0.6 is 11.6 Å². The van der Waals surface area contributed by atoms with Gasteiger partial charge in [-0.25, -0.2) is 21.8 Å². The molecule has 2 aromatic carbocycles. The first kappa shape index (κ1) is 44.8. The molecule has 0 unspecified atom stereocenters. The fraction of sp³-hybridized carbons (Fsp3) is 0.250. The molecule has 2 aliphatic heterocycles. The lowest BCUT2D eigenvalue weighted by molar-refractivity contribution is 0.0809. The molecular formula is C40H46ClN11O6S2. The van der Waals surface area contributed by atoms with Crippen LogP contribution in [0.15, 0.2) is 95.0 Å². The van der Waals surface area contributed by atoms with E-state index in [0.717, 1.165) is 23.9 Å². The fourth-order valence-corrected chi connectivity index (χ4v) is 8.34. The Bertz CT molecular complexity index is 2790. The Kier molecular flexibility index (Phi) is 13.4. The van der Waals surface area contributed by atoms with Gasteiger partial charge in [-0.2, -0.15) is 10.2 Å². The molecule has 17 nitrogen and oxygen atoms in total. The predicted octanol–water partition coefficient (Wildman–Crippen LogP) is 5.24. The normalized spacial score (nSPS) is 13.1. The summed E-state index contributed by atoms with van der Waals surface area (Å²) in [4.78, 5) is 37.2. The molecule has 0 saturated carbocycles. The van der Waals surface area contributed by atoms with E-state index in [0.29, 0.717) is 70.6 Å². The maximum atomic E-state index is 12.7. The predicted molar refractivity (Wildman–Crippen MR) is 231 cm³/mol. The summed E-state index contributed by atoms with van der Waals surface area (Å²) in [5, 5.41) is 14.6. The zero-order valence-corrected chi connectivity index (χ0v) is 35.4. The number of hydrogen-bond donors (Lipinski definition) is 3. The summed E-state index contributed by atoms with van der Waals surface area (Å²) < 4.78 is 51.5. The van der Waals surface area contributed by atoms with Crippen LogP contribution in [0.25, 0.3) is 0 Å². The third kappa shape index (κ3) is 10.3. The number of nitrogens with two attached hydrogens (primary N) is 1. The van der Waals surface area contributed by atoms with E-state index in [1.165, 1.54) is 17.0 Å². The average molecular weight is 876 g/mol. The first-order valence-corrected chi connectivity index (χ1v) is 22.0. The Labute approximate surface area is 354 Å². The van der Waals surface area contributed by atoms with Crippen LogP contribution < -0.4 is 16.4 Å². The Balaban J connectivity index is 0.000000196. The number of fused-ring (bicyclic) bond motifs is 2. The Morgan fingerprint density at radius 1 is 0.650 bits per heavy atom. The van der Waals surface area contributed by atoms with Gasteiger partial charge in [-0.15, -0.1) is 0 Å². The number of carbonyl (C=O) groups is 2. The van der Waals surface area contributed by atoms with Crippen LogP contribution in [0.3, 0.4) is 0 Å². The van der Waals surface area contributed by atoms with Gasteiger partial charge >= 0.3 is 0 Å². The van der Waals surface area contributed by atoms with Crippen LogP contribution in [0.2, 0.25) is 5.15 Å². The summed E-state index contributed by atoms with van der Waals surface area (Å²) in [5.74, 6) is 0.252. The molecule has 6 aromatic rings. The molecular weight excluding hydrogens is 830 g/mol. The number of carbonyl (C=O) groups excluding carboxylic acids is 2. The molecule has 6 heterocycles. The van der Waals surface area contributed by atoms with Gasteiger partial charge in [0, 0.05) is 65.2 Å². The number of aromatic nitrogens is 6. The van der Waals surface area contributed by atoms with E-state index < -0.39 is 19.7 Å². The van der Waals surface area contributed by atoms with Gasteiger partial charge in [0.2, 0.25) is 0 Å². The smallest absolute Gasteiger partial charge is 0.257 e.